The van der Waals surface area contributed by atoms with Gasteiger partial charge in [-0.05, 0) is 36.5 Å². The highest BCUT2D eigenvalue weighted by Gasteiger charge is 2.54. The number of amides is 1. The molecule has 0 atom stereocenters. The number of hydrogen-bond donors (Lipinski definition) is 1. The molecule has 146 valence electrons. The summed E-state index contributed by atoms with van der Waals surface area (Å²) in [7, 11) is 0. The number of alkyl halides is 3. The molecule has 2 aliphatic rings. The third-order valence-electron chi connectivity index (χ3n) is 4.69. The van der Waals surface area contributed by atoms with E-state index in [2.05, 4.69) is 5.32 Å². The molecule has 3 nitrogen and oxygen atoms in total. The van der Waals surface area contributed by atoms with Gasteiger partial charge in [0.2, 0.25) is 5.91 Å². The number of carbonyl (C=O) groups excluding carboxylic acids is 1. The van der Waals surface area contributed by atoms with Crippen LogP contribution < -0.4 is 5.32 Å². The summed E-state index contributed by atoms with van der Waals surface area (Å²) in [5.41, 5.74) is 0.291. The van der Waals surface area contributed by atoms with Crippen molar-refractivity contribution in [2.75, 3.05) is 25.0 Å². The van der Waals surface area contributed by atoms with E-state index in [0.29, 0.717) is 31.6 Å². The summed E-state index contributed by atoms with van der Waals surface area (Å²) in [5.74, 6) is -0.907. The summed E-state index contributed by atoms with van der Waals surface area (Å²) in [5, 5.41) is 2.85. The molecule has 1 amide bonds. The number of hydrogen-bond acceptors (Lipinski definition) is 2. The molecule has 1 aromatic carbocycles. The Morgan fingerprint density at radius 1 is 1.27 bits per heavy atom. The van der Waals surface area contributed by atoms with Gasteiger partial charge in [0.15, 0.2) is 0 Å². The quantitative estimate of drug-likeness (QED) is 0.720. The van der Waals surface area contributed by atoms with Gasteiger partial charge in [0.05, 0.1) is 6.42 Å². The second-order valence-corrected chi connectivity index (χ2v) is 7.26. The van der Waals surface area contributed by atoms with Crippen molar-refractivity contribution >= 4 is 23.2 Å². The molecular formula is C18H23ClF4N2O. The van der Waals surface area contributed by atoms with Gasteiger partial charge in [0.1, 0.15) is 5.82 Å². The second kappa shape index (κ2) is 8.13. The molecule has 2 fully saturated rings. The van der Waals surface area contributed by atoms with Gasteiger partial charge < -0.3 is 10.2 Å². The largest absolute Gasteiger partial charge is 0.390 e. The first-order valence-corrected chi connectivity index (χ1v) is 9.08. The lowest BCUT2D eigenvalue weighted by atomic mass is 9.57. The molecule has 8 heteroatoms. The van der Waals surface area contributed by atoms with Crippen molar-refractivity contribution in [3.63, 3.8) is 0 Å². The number of rotatable bonds is 4. The predicted molar refractivity (Wildman–Crippen MR) is 93.7 cm³/mol. The highest BCUT2D eigenvalue weighted by atomic mass is 35.5. The van der Waals surface area contributed by atoms with Gasteiger partial charge in [-0.2, -0.15) is 13.2 Å². The van der Waals surface area contributed by atoms with E-state index in [0.717, 1.165) is 6.07 Å². The Hall–Kier alpha value is -1.34. The minimum absolute atomic E-state index is 0.0178. The minimum Gasteiger partial charge on any atom is -0.326 e. The molecule has 0 radical (unpaired) electrons. The summed E-state index contributed by atoms with van der Waals surface area (Å²) in [6.45, 7) is 5.24. The average Bonchev–Trinajstić information content (AvgIpc) is 2.43. The van der Waals surface area contributed by atoms with Crippen molar-refractivity contribution in [2.24, 2.45) is 11.3 Å². The third-order valence-corrected chi connectivity index (χ3v) is 4.91. The normalized spacial score (nSPS) is 19.2. The maximum Gasteiger partial charge on any atom is 0.390 e. The summed E-state index contributed by atoms with van der Waals surface area (Å²) in [4.78, 5) is 13.9. The Morgan fingerprint density at radius 2 is 1.88 bits per heavy atom. The van der Waals surface area contributed by atoms with Crippen molar-refractivity contribution in [1.29, 1.82) is 0 Å². The summed E-state index contributed by atoms with van der Waals surface area (Å²) in [6, 6.07) is 3.82. The predicted octanol–water partition coefficient (Wildman–Crippen LogP) is 5.11. The van der Waals surface area contributed by atoms with Gasteiger partial charge in [0, 0.05) is 36.3 Å². The number of carbonyl (C=O) groups is 1. The molecule has 26 heavy (non-hydrogen) atoms. The molecule has 1 saturated carbocycles. The van der Waals surface area contributed by atoms with E-state index in [1.165, 1.54) is 12.1 Å². The number of nitrogens with one attached hydrogen (secondary N) is 1. The Kier molecular flexibility index (Phi) is 6.55. The maximum atomic E-state index is 13.2. The lowest BCUT2D eigenvalue weighted by Gasteiger charge is -2.58. The molecule has 1 saturated heterocycles. The van der Waals surface area contributed by atoms with Crippen LogP contribution in [-0.2, 0) is 4.79 Å². The first-order chi connectivity index (χ1) is 12.1. The van der Waals surface area contributed by atoms with Gasteiger partial charge in [0.25, 0.3) is 0 Å². The van der Waals surface area contributed by atoms with E-state index in [4.69, 9.17) is 11.6 Å². The molecule has 0 bridgehead atoms. The van der Waals surface area contributed by atoms with Crippen LogP contribution in [0.1, 0.15) is 33.1 Å². The Bertz CT molecular complexity index is 616. The molecule has 1 spiro atoms. The van der Waals surface area contributed by atoms with E-state index in [9.17, 15) is 22.4 Å². The Morgan fingerprint density at radius 3 is 2.42 bits per heavy atom. The van der Waals surface area contributed by atoms with Crippen molar-refractivity contribution in [3.8, 4) is 0 Å². The Labute approximate surface area is 155 Å². The van der Waals surface area contributed by atoms with Gasteiger partial charge >= 0.3 is 6.18 Å². The van der Waals surface area contributed by atoms with Crippen LogP contribution in [0.3, 0.4) is 0 Å². The van der Waals surface area contributed by atoms with E-state index in [1.807, 2.05) is 13.8 Å². The molecule has 0 unspecified atom stereocenters. The van der Waals surface area contributed by atoms with Crippen LogP contribution in [0.5, 0.6) is 0 Å². The van der Waals surface area contributed by atoms with Crippen LogP contribution in [0, 0.1) is 17.2 Å². The fourth-order valence-corrected chi connectivity index (χ4v) is 3.87. The fourth-order valence-electron chi connectivity index (χ4n) is 3.64. The maximum absolute atomic E-state index is 13.2. The highest BCUT2D eigenvalue weighted by molar-refractivity contribution is 6.30. The SMILES string of the molecule is CC.O=C(Nc1cc(F)cc(Cl)c1)C1CC2(C1)CN(CCC(F)(F)F)C2. The monoisotopic (exact) mass is 394 g/mol. The van der Waals surface area contributed by atoms with E-state index in [-0.39, 0.29) is 28.8 Å². The zero-order chi connectivity index (χ0) is 19.5. The minimum atomic E-state index is -4.13. The summed E-state index contributed by atoms with van der Waals surface area (Å²) in [6.07, 6.45) is -3.61. The van der Waals surface area contributed by atoms with Crippen molar-refractivity contribution < 1.29 is 22.4 Å². The van der Waals surface area contributed by atoms with Crippen molar-refractivity contribution in [1.82, 2.24) is 4.90 Å². The first-order valence-electron chi connectivity index (χ1n) is 8.70. The summed E-state index contributed by atoms with van der Waals surface area (Å²) >= 11 is 5.74. The van der Waals surface area contributed by atoms with E-state index >= 15 is 0 Å². The smallest absolute Gasteiger partial charge is 0.326 e. The van der Waals surface area contributed by atoms with Crippen molar-refractivity contribution in [3.05, 3.63) is 29.0 Å². The zero-order valence-corrected chi connectivity index (χ0v) is 15.6. The van der Waals surface area contributed by atoms with Gasteiger partial charge in [-0.1, -0.05) is 25.4 Å². The lowest BCUT2D eigenvalue weighted by molar-refractivity contribution is -0.157. The number of halogens is 5. The zero-order valence-electron chi connectivity index (χ0n) is 14.8. The number of likely N-dealkylation sites (tertiary alicyclic amines) is 1. The van der Waals surface area contributed by atoms with Gasteiger partial charge in [-0.3, -0.25) is 4.79 Å². The Balaban J connectivity index is 0.00000117. The first kappa shape index (κ1) is 21.0. The van der Waals surface area contributed by atoms with Crippen molar-refractivity contribution in [2.45, 2.75) is 39.3 Å². The molecule has 1 aromatic rings. The molecule has 3 rings (SSSR count). The van der Waals surface area contributed by atoms with Crippen LogP contribution in [0.2, 0.25) is 5.02 Å². The molecule has 1 heterocycles. The van der Waals surface area contributed by atoms with E-state index in [1.54, 1.807) is 4.90 Å². The van der Waals surface area contributed by atoms with Crippen LogP contribution in [0.15, 0.2) is 18.2 Å². The van der Waals surface area contributed by atoms with Crippen LogP contribution in [-0.4, -0.2) is 36.6 Å². The molecule has 1 aliphatic heterocycles. The molecule has 0 aromatic heterocycles. The average molecular weight is 395 g/mol. The number of anilines is 1. The lowest BCUT2D eigenvalue weighted by Crippen LogP contribution is -2.63. The second-order valence-electron chi connectivity index (χ2n) is 6.83. The van der Waals surface area contributed by atoms with Crippen LogP contribution in [0.4, 0.5) is 23.2 Å². The van der Waals surface area contributed by atoms with Gasteiger partial charge in [-0.25, -0.2) is 4.39 Å². The molecular weight excluding hydrogens is 372 g/mol. The third kappa shape index (κ3) is 5.33. The van der Waals surface area contributed by atoms with E-state index < -0.39 is 18.4 Å². The highest BCUT2D eigenvalue weighted by Crippen LogP contribution is 2.52. The standard InChI is InChI=1S/C16H17ClF4N2O.C2H6/c17-11-3-12(18)5-13(4-11)22-14(24)10-6-15(7-10)8-23(9-15)2-1-16(19,20)21;1-2/h3-5,10H,1-2,6-9H2,(H,22,24);1-2H3. The fraction of sp³-hybridized carbons (Fsp3) is 0.611. The van der Waals surface area contributed by atoms with Crippen LogP contribution in [0.25, 0.3) is 0 Å². The molecule has 1 N–H and O–H groups in total. The van der Waals surface area contributed by atoms with Gasteiger partial charge in [-0.15, -0.1) is 0 Å². The molecule has 1 aliphatic carbocycles. The number of nitrogens with zero attached hydrogens (tertiary/aromatic N) is 1. The number of benzene rings is 1. The van der Waals surface area contributed by atoms with Crippen LogP contribution >= 0.6 is 11.6 Å². The summed E-state index contributed by atoms with van der Waals surface area (Å²) < 4.78 is 49.8. The topological polar surface area (TPSA) is 32.3 Å².